The molecule has 0 amide bonds. The number of halogens is 2. The average Bonchev–Trinajstić information content (AvgIpc) is 2.65. The van der Waals surface area contributed by atoms with E-state index in [2.05, 4.69) is 64.0 Å². The van der Waals surface area contributed by atoms with Crippen molar-refractivity contribution in [3.8, 4) is 0 Å². The molecule has 0 aliphatic heterocycles. The van der Waals surface area contributed by atoms with Crippen LogP contribution in [0.4, 0.5) is 0 Å². The van der Waals surface area contributed by atoms with Crippen molar-refractivity contribution >= 4 is 43.2 Å². The van der Waals surface area contributed by atoms with E-state index >= 15 is 0 Å². The van der Waals surface area contributed by atoms with E-state index in [9.17, 15) is 0 Å². The van der Waals surface area contributed by atoms with Crippen LogP contribution < -0.4 is 5.32 Å². The minimum atomic E-state index is 0.498. The molecule has 0 spiro atoms. The number of hydrogen-bond acceptors (Lipinski definition) is 2. The zero-order valence-electron chi connectivity index (χ0n) is 10.7. The van der Waals surface area contributed by atoms with Gasteiger partial charge in [-0.2, -0.15) is 0 Å². The predicted molar refractivity (Wildman–Crippen MR) is 84.8 cm³/mol. The molecule has 0 aromatic carbocycles. The van der Waals surface area contributed by atoms with Gasteiger partial charge in [0.15, 0.2) is 0 Å². The van der Waals surface area contributed by atoms with Crippen molar-refractivity contribution in [2.45, 2.75) is 46.1 Å². The van der Waals surface area contributed by atoms with Gasteiger partial charge in [-0.3, -0.25) is 0 Å². The second kappa shape index (κ2) is 7.93. The topological polar surface area (TPSA) is 12.0 Å². The Kier molecular flexibility index (Phi) is 7.31. The second-order valence-electron chi connectivity index (χ2n) is 4.30. The SMILES string of the molecule is CCNC(CC(CC)CC)c1cc(Br)c(Br)s1. The number of hydrogen-bond donors (Lipinski definition) is 1. The first-order chi connectivity index (χ1) is 8.12. The normalized spacial score (nSPS) is 13.3. The van der Waals surface area contributed by atoms with Crippen LogP contribution >= 0.6 is 43.2 Å². The Morgan fingerprint density at radius 1 is 1.24 bits per heavy atom. The summed E-state index contributed by atoms with van der Waals surface area (Å²) in [5.74, 6) is 0.818. The lowest BCUT2D eigenvalue weighted by atomic mass is 9.94. The number of rotatable bonds is 7. The smallest absolute Gasteiger partial charge is 0.0843 e. The van der Waals surface area contributed by atoms with E-state index in [-0.39, 0.29) is 0 Å². The van der Waals surface area contributed by atoms with Crippen molar-refractivity contribution in [2.24, 2.45) is 5.92 Å². The number of thiophene rings is 1. The first-order valence-electron chi connectivity index (χ1n) is 6.30. The highest BCUT2D eigenvalue weighted by atomic mass is 79.9. The quantitative estimate of drug-likeness (QED) is 0.632. The highest BCUT2D eigenvalue weighted by Gasteiger charge is 2.18. The zero-order chi connectivity index (χ0) is 12.8. The van der Waals surface area contributed by atoms with Gasteiger partial charge in [0.05, 0.1) is 3.79 Å². The Morgan fingerprint density at radius 3 is 2.29 bits per heavy atom. The third-order valence-electron chi connectivity index (χ3n) is 3.18. The summed E-state index contributed by atoms with van der Waals surface area (Å²) in [7, 11) is 0. The summed E-state index contributed by atoms with van der Waals surface area (Å²) in [6.45, 7) is 7.78. The molecule has 0 fully saturated rings. The molecule has 17 heavy (non-hydrogen) atoms. The average molecular weight is 383 g/mol. The van der Waals surface area contributed by atoms with Crippen LogP contribution in [0.3, 0.4) is 0 Å². The van der Waals surface area contributed by atoms with Gasteiger partial charge in [-0.05, 0) is 56.8 Å². The van der Waals surface area contributed by atoms with Crippen LogP contribution in [-0.4, -0.2) is 6.54 Å². The van der Waals surface area contributed by atoms with Gasteiger partial charge < -0.3 is 5.32 Å². The molecule has 0 aliphatic carbocycles. The van der Waals surface area contributed by atoms with Gasteiger partial charge in [0.1, 0.15) is 0 Å². The van der Waals surface area contributed by atoms with Crippen molar-refractivity contribution in [3.63, 3.8) is 0 Å². The highest BCUT2D eigenvalue weighted by molar-refractivity contribution is 9.13. The van der Waals surface area contributed by atoms with Gasteiger partial charge in [-0.1, -0.05) is 33.6 Å². The van der Waals surface area contributed by atoms with E-state index in [1.165, 1.54) is 32.4 Å². The van der Waals surface area contributed by atoms with Gasteiger partial charge in [0.25, 0.3) is 0 Å². The van der Waals surface area contributed by atoms with E-state index in [1.807, 2.05) is 11.3 Å². The van der Waals surface area contributed by atoms with Gasteiger partial charge in [0.2, 0.25) is 0 Å². The molecule has 1 atom stereocenters. The third-order valence-corrected chi connectivity index (χ3v) is 6.55. The lowest BCUT2D eigenvalue weighted by Gasteiger charge is -2.21. The summed E-state index contributed by atoms with van der Waals surface area (Å²) in [4.78, 5) is 1.43. The van der Waals surface area contributed by atoms with Crippen molar-refractivity contribution in [2.75, 3.05) is 6.54 Å². The Labute approximate surface area is 126 Å². The van der Waals surface area contributed by atoms with E-state index in [1.54, 1.807) is 0 Å². The maximum Gasteiger partial charge on any atom is 0.0843 e. The monoisotopic (exact) mass is 381 g/mol. The van der Waals surface area contributed by atoms with Crippen LogP contribution in [0.2, 0.25) is 0 Å². The van der Waals surface area contributed by atoms with Crippen molar-refractivity contribution in [1.29, 1.82) is 0 Å². The summed E-state index contributed by atoms with van der Waals surface area (Å²) in [6, 6.07) is 2.74. The zero-order valence-corrected chi connectivity index (χ0v) is 14.7. The maximum absolute atomic E-state index is 3.61. The molecule has 1 heterocycles. The summed E-state index contributed by atoms with van der Waals surface area (Å²) in [6.07, 6.45) is 3.78. The van der Waals surface area contributed by atoms with Gasteiger partial charge in [0, 0.05) is 15.4 Å². The molecule has 1 unspecified atom stereocenters. The highest BCUT2D eigenvalue weighted by Crippen LogP contribution is 2.37. The number of nitrogens with one attached hydrogen (secondary N) is 1. The van der Waals surface area contributed by atoms with Crippen LogP contribution in [0.25, 0.3) is 0 Å². The standard InChI is InChI=1S/C13H21Br2NS/c1-4-9(5-2)7-11(16-6-3)12-8-10(14)13(15)17-12/h8-9,11,16H,4-7H2,1-3H3. The summed E-state index contributed by atoms with van der Waals surface area (Å²) >= 11 is 8.98. The predicted octanol–water partition coefficient (Wildman–Crippen LogP) is 5.75. The van der Waals surface area contributed by atoms with Crippen molar-refractivity contribution in [3.05, 3.63) is 19.2 Å². The van der Waals surface area contributed by atoms with E-state index in [0.717, 1.165) is 12.5 Å². The summed E-state index contributed by atoms with van der Waals surface area (Å²) in [5.41, 5.74) is 0. The summed E-state index contributed by atoms with van der Waals surface area (Å²) < 4.78 is 2.37. The second-order valence-corrected chi connectivity index (χ2v) is 7.55. The Balaban J connectivity index is 2.77. The van der Waals surface area contributed by atoms with E-state index < -0.39 is 0 Å². The lowest BCUT2D eigenvalue weighted by molar-refractivity contribution is 0.379. The molecular weight excluding hydrogens is 362 g/mol. The Bertz CT molecular complexity index is 315. The first kappa shape index (κ1) is 15.7. The Morgan fingerprint density at radius 2 is 1.88 bits per heavy atom. The summed E-state index contributed by atoms with van der Waals surface area (Å²) in [5, 5.41) is 3.61. The molecule has 0 bridgehead atoms. The Hall–Kier alpha value is 0.620. The molecule has 0 saturated carbocycles. The third kappa shape index (κ3) is 4.66. The minimum Gasteiger partial charge on any atom is -0.310 e. The van der Waals surface area contributed by atoms with E-state index in [4.69, 9.17) is 0 Å². The molecule has 1 aromatic heterocycles. The van der Waals surface area contributed by atoms with Gasteiger partial charge >= 0.3 is 0 Å². The molecular formula is C13H21Br2NS. The molecule has 4 heteroatoms. The van der Waals surface area contributed by atoms with Crippen LogP contribution in [0.1, 0.15) is 51.0 Å². The fourth-order valence-electron chi connectivity index (χ4n) is 2.04. The van der Waals surface area contributed by atoms with Crippen LogP contribution in [0.15, 0.2) is 14.3 Å². The molecule has 98 valence electrons. The lowest BCUT2D eigenvalue weighted by Crippen LogP contribution is -2.22. The van der Waals surface area contributed by atoms with Crippen molar-refractivity contribution in [1.82, 2.24) is 5.32 Å². The largest absolute Gasteiger partial charge is 0.310 e. The first-order valence-corrected chi connectivity index (χ1v) is 8.70. The molecule has 0 saturated heterocycles. The maximum atomic E-state index is 3.61. The molecule has 0 radical (unpaired) electrons. The van der Waals surface area contributed by atoms with Crippen LogP contribution in [0.5, 0.6) is 0 Å². The van der Waals surface area contributed by atoms with Crippen LogP contribution in [0, 0.1) is 5.92 Å². The molecule has 1 N–H and O–H groups in total. The minimum absolute atomic E-state index is 0.498. The molecule has 1 aromatic rings. The fourth-order valence-corrected chi connectivity index (χ4v) is 4.21. The molecule has 1 nitrogen and oxygen atoms in total. The van der Waals surface area contributed by atoms with Gasteiger partial charge in [-0.25, -0.2) is 0 Å². The fraction of sp³-hybridized carbons (Fsp3) is 0.692. The van der Waals surface area contributed by atoms with Gasteiger partial charge in [-0.15, -0.1) is 11.3 Å². The molecule has 0 aliphatic rings. The van der Waals surface area contributed by atoms with E-state index in [0.29, 0.717) is 6.04 Å². The molecule has 1 rings (SSSR count). The van der Waals surface area contributed by atoms with Crippen molar-refractivity contribution < 1.29 is 0 Å². The van der Waals surface area contributed by atoms with Crippen LogP contribution in [-0.2, 0) is 0 Å².